The van der Waals surface area contributed by atoms with Crippen LogP contribution in [0.25, 0.3) is 0 Å². The highest BCUT2D eigenvalue weighted by Gasteiger charge is 2.13. The van der Waals surface area contributed by atoms with Gasteiger partial charge in [-0.15, -0.1) is 0 Å². The van der Waals surface area contributed by atoms with Crippen molar-refractivity contribution in [3.63, 3.8) is 0 Å². The number of nitrogens with one attached hydrogen (secondary N) is 1. The van der Waals surface area contributed by atoms with E-state index in [-0.39, 0.29) is 5.92 Å². The van der Waals surface area contributed by atoms with E-state index in [4.69, 9.17) is 10.6 Å². The average molecular weight is 280 g/mol. The molecule has 0 aliphatic carbocycles. The van der Waals surface area contributed by atoms with Crippen LogP contribution in [0.2, 0.25) is 0 Å². The summed E-state index contributed by atoms with van der Waals surface area (Å²) in [5.41, 5.74) is 3.48. The van der Waals surface area contributed by atoms with Gasteiger partial charge in [0.15, 0.2) is 0 Å². The molecule has 114 valence electrons. The van der Waals surface area contributed by atoms with Gasteiger partial charge in [0.2, 0.25) is 5.88 Å². The zero-order valence-electron chi connectivity index (χ0n) is 13.2. The molecular formula is C15H28N4O. The van der Waals surface area contributed by atoms with Crippen LogP contribution >= 0.6 is 0 Å². The Labute approximate surface area is 122 Å². The molecular weight excluding hydrogens is 252 g/mol. The van der Waals surface area contributed by atoms with Crippen molar-refractivity contribution in [1.29, 1.82) is 0 Å². The topological polar surface area (TPSA) is 73.1 Å². The Morgan fingerprint density at radius 1 is 1.15 bits per heavy atom. The highest BCUT2D eigenvalue weighted by molar-refractivity contribution is 5.47. The molecule has 20 heavy (non-hydrogen) atoms. The fourth-order valence-electron chi connectivity index (χ4n) is 1.93. The van der Waals surface area contributed by atoms with Gasteiger partial charge < -0.3 is 10.2 Å². The van der Waals surface area contributed by atoms with Crippen LogP contribution in [0, 0.1) is 6.92 Å². The molecule has 0 bridgehead atoms. The lowest BCUT2D eigenvalue weighted by Gasteiger charge is -2.14. The van der Waals surface area contributed by atoms with Crippen molar-refractivity contribution in [2.75, 3.05) is 12.0 Å². The molecule has 0 fully saturated rings. The van der Waals surface area contributed by atoms with Gasteiger partial charge in [-0.3, -0.25) is 0 Å². The molecule has 0 aromatic carbocycles. The lowest BCUT2D eigenvalue weighted by atomic mass is 10.2. The molecule has 5 nitrogen and oxygen atoms in total. The van der Waals surface area contributed by atoms with Crippen molar-refractivity contribution < 1.29 is 4.74 Å². The summed E-state index contributed by atoms with van der Waals surface area (Å²) in [5, 5.41) is 0. The first-order chi connectivity index (χ1) is 9.60. The van der Waals surface area contributed by atoms with Gasteiger partial charge in [0.05, 0.1) is 12.2 Å². The van der Waals surface area contributed by atoms with Gasteiger partial charge in [0, 0.05) is 5.92 Å². The van der Waals surface area contributed by atoms with E-state index in [2.05, 4.69) is 36.2 Å². The van der Waals surface area contributed by atoms with E-state index >= 15 is 0 Å². The third-order valence-corrected chi connectivity index (χ3v) is 3.26. The Morgan fingerprint density at radius 2 is 1.85 bits per heavy atom. The van der Waals surface area contributed by atoms with Crippen molar-refractivity contribution in [2.45, 2.75) is 65.7 Å². The predicted octanol–water partition coefficient (Wildman–Crippen LogP) is 3.54. The van der Waals surface area contributed by atoms with Gasteiger partial charge in [-0.1, -0.05) is 46.5 Å². The summed E-state index contributed by atoms with van der Waals surface area (Å²) in [6.07, 6.45) is 6.10. The fraction of sp³-hybridized carbons (Fsp3) is 0.733. The molecule has 0 aliphatic rings. The van der Waals surface area contributed by atoms with E-state index in [9.17, 15) is 0 Å². The number of anilines is 1. The standard InChI is InChI=1S/C15H28N4O/c1-5-6-7-8-9-10-20-15-12(4)14(19-16)17-13(18-15)11(2)3/h11H,5-10,16H2,1-4H3,(H,17,18,19). The van der Waals surface area contributed by atoms with Crippen LogP contribution in [-0.2, 0) is 0 Å². The maximum atomic E-state index is 5.80. The number of hydrogen-bond acceptors (Lipinski definition) is 5. The maximum absolute atomic E-state index is 5.80. The van der Waals surface area contributed by atoms with Crippen LogP contribution in [0.1, 0.15) is 70.2 Å². The Balaban J connectivity index is 2.61. The highest BCUT2D eigenvalue weighted by atomic mass is 16.5. The third kappa shape index (κ3) is 4.96. The number of hydrogen-bond donors (Lipinski definition) is 2. The summed E-state index contributed by atoms with van der Waals surface area (Å²) in [4.78, 5) is 8.88. The van der Waals surface area contributed by atoms with Gasteiger partial charge >= 0.3 is 0 Å². The van der Waals surface area contributed by atoms with E-state index in [1.807, 2.05) is 6.92 Å². The monoisotopic (exact) mass is 280 g/mol. The zero-order valence-corrected chi connectivity index (χ0v) is 13.2. The molecule has 1 aromatic heterocycles. The number of ether oxygens (including phenoxy) is 1. The van der Waals surface area contributed by atoms with Crippen LogP contribution in [0.3, 0.4) is 0 Å². The van der Waals surface area contributed by atoms with Crippen molar-refractivity contribution in [3.8, 4) is 5.88 Å². The molecule has 5 heteroatoms. The number of aromatic nitrogens is 2. The van der Waals surface area contributed by atoms with Crippen molar-refractivity contribution in [3.05, 3.63) is 11.4 Å². The van der Waals surface area contributed by atoms with Gasteiger partial charge in [-0.2, -0.15) is 4.98 Å². The first kappa shape index (κ1) is 16.7. The molecule has 0 saturated carbocycles. The van der Waals surface area contributed by atoms with Crippen LogP contribution in [0.4, 0.5) is 5.82 Å². The van der Waals surface area contributed by atoms with E-state index < -0.39 is 0 Å². The lowest BCUT2D eigenvalue weighted by Crippen LogP contribution is -2.14. The van der Waals surface area contributed by atoms with Gasteiger partial charge in [0.1, 0.15) is 11.6 Å². The van der Waals surface area contributed by atoms with Crippen molar-refractivity contribution in [2.24, 2.45) is 5.84 Å². The fourth-order valence-corrected chi connectivity index (χ4v) is 1.93. The van der Waals surface area contributed by atoms with Crippen LogP contribution in [-0.4, -0.2) is 16.6 Å². The van der Waals surface area contributed by atoms with Crippen LogP contribution < -0.4 is 16.0 Å². The second kappa shape index (κ2) is 8.74. The molecule has 0 amide bonds. The highest BCUT2D eigenvalue weighted by Crippen LogP contribution is 2.24. The van der Waals surface area contributed by atoms with Crippen molar-refractivity contribution in [1.82, 2.24) is 9.97 Å². The largest absolute Gasteiger partial charge is 0.477 e. The van der Waals surface area contributed by atoms with E-state index in [0.29, 0.717) is 18.3 Å². The quantitative estimate of drug-likeness (QED) is 0.411. The molecule has 0 aliphatic heterocycles. The summed E-state index contributed by atoms with van der Waals surface area (Å²) >= 11 is 0. The molecule has 0 unspecified atom stereocenters. The minimum Gasteiger partial charge on any atom is -0.477 e. The lowest BCUT2D eigenvalue weighted by molar-refractivity contribution is 0.289. The zero-order chi connectivity index (χ0) is 15.0. The van der Waals surface area contributed by atoms with Gasteiger partial charge in [-0.05, 0) is 13.3 Å². The minimum atomic E-state index is 0.245. The summed E-state index contributed by atoms with van der Waals surface area (Å²) in [6, 6.07) is 0. The molecule has 1 aromatic rings. The van der Waals surface area contributed by atoms with E-state index in [1.54, 1.807) is 0 Å². The summed E-state index contributed by atoms with van der Waals surface area (Å²) < 4.78 is 5.80. The SMILES string of the molecule is CCCCCCCOc1nc(C(C)C)nc(NN)c1C. The smallest absolute Gasteiger partial charge is 0.221 e. The summed E-state index contributed by atoms with van der Waals surface area (Å²) in [6.45, 7) is 8.95. The second-order valence-corrected chi connectivity index (χ2v) is 5.42. The van der Waals surface area contributed by atoms with E-state index in [0.717, 1.165) is 17.8 Å². The molecule has 0 radical (unpaired) electrons. The molecule has 1 rings (SSSR count). The predicted molar refractivity (Wildman–Crippen MR) is 82.9 cm³/mol. The normalized spacial score (nSPS) is 10.9. The number of hydrazine groups is 1. The van der Waals surface area contributed by atoms with Crippen LogP contribution in [0.15, 0.2) is 0 Å². The first-order valence-corrected chi connectivity index (χ1v) is 7.58. The Morgan fingerprint density at radius 3 is 2.45 bits per heavy atom. The number of nitrogen functional groups attached to an aromatic ring is 1. The average Bonchev–Trinajstić information content (AvgIpc) is 2.44. The number of nitrogens with two attached hydrogens (primary N) is 1. The third-order valence-electron chi connectivity index (χ3n) is 3.26. The van der Waals surface area contributed by atoms with Crippen molar-refractivity contribution >= 4 is 5.82 Å². The minimum absolute atomic E-state index is 0.245. The van der Waals surface area contributed by atoms with Gasteiger partial charge in [0.25, 0.3) is 0 Å². The second-order valence-electron chi connectivity index (χ2n) is 5.42. The Hall–Kier alpha value is -1.36. The molecule has 0 atom stereocenters. The Bertz CT molecular complexity index is 407. The summed E-state index contributed by atoms with van der Waals surface area (Å²) in [5.74, 6) is 7.79. The Kier molecular flexibility index (Phi) is 7.30. The molecule has 3 N–H and O–H groups in total. The summed E-state index contributed by atoms with van der Waals surface area (Å²) in [7, 11) is 0. The number of rotatable bonds is 9. The molecule has 0 saturated heterocycles. The molecule has 1 heterocycles. The molecule has 0 spiro atoms. The number of unbranched alkanes of at least 4 members (excludes halogenated alkanes) is 4. The number of nitrogens with zero attached hydrogens (tertiary/aromatic N) is 2. The van der Waals surface area contributed by atoms with Crippen LogP contribution in [0.5, 0.6) is 5.88 Å². The first-order valence-electron chi connectivity index (χ1n) is 7.58. The van der Waals surface area contributed by atoms with Gasteiger partial charge in [-0.25, -0.2) is 10.8 Å². The van der Waals surface area contributed by atoms with E-state index in [1.165, 1.54) is 25.7 Å². The maximum Gasteiger partial charge on any atom is 0.221 e.